The molecule has 2 aromatic carbocycles. The Labute approximate surface area is 144 Å². The maximum absolute atomic E-state index is 12.6. The molecule has 3 heteroatoms. The molecule has 0 aliphatic carbocycles. The van der Waals surface area contributed by atoms with Crippen LogP contribution < -0.4 is 10.1 Å². The smallest absolute Gasteiger partial charge is 0.251 e. The van der Waals surface area contributed by atoms with Crippen LogP contribution in [0.3, 0.4) is 0 Å². The Hall–Kier alpha value is -2.55. The van der Waals surface area contributed by atoms with Gasteiger partial charge in [-0.2, -0.15) is 0 Å². The second-order valence-corrected chi connectivity index (χ2v) is 5.86. The summed E-state index contributed by atoms with van der Waals surface area (Å²) in [6, 6.07) is 13.8. The van der Waals surface area contributed by atoms with Crippen LogP contribution in [-0.2, 0) is 6.42 Å². The molecule has 2 rings (SSSR count). The number of carbonyl (C=O) groups is 1. The molecule has 3 nitrogen and oxygen atoms in total. The minimum absolute atomic E-state index is 0.00283. The zero-order valence-electron chi connectivity index (χ0n) is 14.6. The number of hydrogen-bond acceptors (Lipinski definition) is 2. The number of rotatable bonds is 7. The van der Waals surface area contributed by atoms with Crippen molar-refractivity contribution < 1.29 is 9.53 Å². The fourth-order valence-corrected chi connectivity index (χ4v) is 2.70. The third kappa shape index (κ3) is 4.25. The molecule has 24 heavy (non-hydrogen) atoms. The third-order valence-electron chi connectivity index (χ3n) is 4.10. The summed E-state index contributed by atoms with van der Waals surface area (Å²) in [5.41, 5.74) is 3.93. The summed E-state index contributed by atoms with van der Waals surface area (Å²) in [5.74, 6) is 0.701. The predicted octanol–water partition coefficient (Wildman–Crippen LogP) is 4.61. The fourth-order valence-electron chi connectivity index (χ4n) is 2.70. The van der Waals surface area contributed by atoms with Gasteiger partial charge in [-0.25, -0.2) is 0 Å². The summed E-state index contributed by atoms with van der Waals surface area (Å²) in [7, 11) is 1.63. The first-order chi connectivity index (χ1) is 11.6. The van der Waals surface area contributed by atoms with Crippen molar-refractivity contribution in [1.29, 1.82) is 0 Å². The predicted molar refractivity (Wildman–Crippen MR) is 98.6 cm³/mol. The van der Waals surface area contributed by atoms with Gasteiger partial charge >= 0.3 is 0 Å². The summed E-state index contributed by atoms with van der Waals surface area (Å²) in [6.45, 7) is 7.89. The molecule has 0 fully saturated rings. The lowest BCUT2D eigenvalue weighted by atomic mass is 10.0. The first-order valence-corrected chi connectivity index (χ1v) is 8.24. The molecule has 0 bridgehead atoms. The maximum atomic E-state index is 12.6. The molecule has 0 aromatic heterocycles. The minimum atomic E-state index is -0.0737. The number of amides is 1. The highest BCUT2D eigenvalue weighted by Crippen LogP contribution is 2.22. The van der Waals surface area contributed by atoms with Crippen LogP contribution in [0.1, 0.15) is 46.4 Å². The Bertz CT molecular complexity index is 704. The minimum Gasteiger partial charge on any atom is -0.496 e. The van der Waals surface area contributed by atoms with Gasteiger partial charge in [0.05, 0.1) is 13.2 Å². The summed E-state index contributed by atoms with van der Waals surface area (Å²) >= 11 is 0. The summed E-state index contributed by atoms with van der Waals surface area (Å²) in [4.78, 5) is 12.6. The summed E-state index contributed by atoms with van der Waals surface area (Å²) < 4.78 is 5.34. The maximum Gasteiger partial charge on any atom is 0.251 e. The van der Waals surface area contributed by atoms with Gasteiger partial charge in [0.1, 0.15) is 5.75 Å². The van der Waals surface area contributed by atoms with Crippen LogP contribution in [0.25, 0.3) is 0 Å². The molecule has 0 unspecified atom stereocenters. The zero-order chi connectivity index (χ0) is 17.5. The highest BCUT2D eigenvalue weighted by molar-refractivity contribution is 5.94. The average molecular weight is 323 g/mol. The van der Waals surface area contributed by atoms with Gasteiger partial charge < -0.3 is 10.1 Å². The number of methoxy groups -OCH3 is 1. The van der Waals surface area contributed by atoms with E-state index in [1.807, 2.05) is 12.1 Å². The molecule has 1 atom stereocenters. The quantitative estimate of drug-likeness (QED) is 0.755. The van der Waals surface area contributed by atoms with E-state index in [-0.39, 0.29) is 11.9 Å². The van der Waals surface area contributed by atoms with E-state index < -0.39 is 0 Å². The molecule has 1 N–H and O–H groups in total. The van der Waals surface area contributed by atoms with Crippen molar-refractivity contribution in [1.82, 2.24) is 5.32 Å². The number of aryl methyl sites for hydroxylation is 1. The van der Waals surface area contributed by atoms with Gasteiger partial charge in [0.25, 0.3) is 5.91 Å². The van der Waals surface area contributed by atoms with Gasteiger partial charge in [0, 0.05) is 5.56 Å². The van der Waals surface area contributed by atoms with Gasteiger partial charge in [-0.05, 0) is 49.1 Å². The SMILES string of the molecule is C=CCc1cc(C(=O)N[C@@H](CC)c2ccc(C)cc2)ccc1OC. The van der Waals surface area contributed by atoms with Crippen molar-refractivity contribution in [2.45, 2.75) is 32.7 Å². The highest BCUT2D eigenvalue weighted by Gasteiger charge is 2.15. The van der Waals surface area contributed by atoms with Crippen LogP contribution in [0.15, 0.2) is 55.1 Å². The standard InChI is InChI=1S/C21H25NO2/c1-5-7-17-14-18(12-13-20(17)24-4)21(23)22-19(6-2)16-10-8-15(3)9-11-16/h5,8-14,19H,1,6-7H2,2-4H3,(H,22,23)/t19-/m0/s1. The number of hydrogen-bond donors (Lipinski definition) is 1. The number of carbonyl (C=O) groups excluding carboxylic acids is 1. The van der Waals surface area contributed by atoms with Crippen molar-refractivity contribution in [3.8, 4) is 5.75 Å². The molecule has 126 valence electrons. The largest absolute Gasteiger partial charge is 0.496 e. The first kappa shape index (κ1) is 17.8. The van der Waals surface area contributed by atoms with Crippen LogP contribution in [0.2, 0.25) is 0 Å². The van der Waals surface area contributed by atoms with Crippen molar-refractivity contribution in [2.75, 3.05) is 7.11 Å². The lowest BCUT2D eigenvalue weighted by Gasteiger charge is -2.18. The first-order valence-electron chi connectivity index (χ1n) is 8.24. The number of nitrogens with one attached hydrogen (secondary N) is 1. The van der Waals surface area contributed by atoms with E-state index in [2.05, 4.69) is 50.0 Å². The van der Waals surface area contributed by atoms with E-state index in [0.717, 1.165) is 23.3 Å². The molecule has 0 heterocycles. The van der Waals surface area contributed by atoms with E-state index in [1.165, 1.54) is 5.56 Å². The van der Waals surface area contributed by atoms with E-state index in [0.29, 0.717) is 12.0 Å². The Morgan fingerprint density at radius 1 is 1.25 bits per heavy atom. The topological polar surface area (TPSA) is 38.3 Å². The van der Waals surface area contributed by atoms with Crippen molar-refractivity contribution in [3.05, 3.63) is 77.4 Å². The lowest BCUT2D eigenvalue weighted by molar-refractivity contribution is 0.0935. The number of allylic oxidation sites excluding steroid dienone is 1. The summed E-state index contributed by atoms with van der Waals surface area (Å²) in [6.07, 6.45) is 3.31. The van der Waals surface area contributed by atoms with Crippen LogP contribution >= 0.6 is 0 Å². The molecule has 2 aromatic rings. The van der Waals surface area contributed by atoms with Crippen molar-refractivity contribution in [3.63, 3.8) is 0 Å². The van der Waals surface area contributed by atoms with Gasteiger partial charge in [0.15, 0.2) is 0 Å². The highest BCUT2D eigenvalue weighted by atomic mass is 16.5. The van der Waals surface area contributed by atoms with Gasteiger partial charge in [0.2, 0.25) is 0 Å². The van der Waals surface area contributed by atoms with Gasteiger partial charge in [-0.15, -0.1) is 6.58 Å². The van der Waals surface area contributed by atoms with Crippen LogP contribution in [0.4, 0.5) is 0 Å². The van der Waals surface area contributed by atoms with E-state index in [1.54, 1.807) is 19.3 Å². The number of benzene rings is 2. The van der Waals surface area contributed by atoms with Crippen molar-refractivity contribution in [2.24, 2.45) is 0 Å². The molecular formula is C21H25NO2. The lowest BCUT2D eigenvalue weighted by Crippen LogP contribution is -2.28. The summed E-state index contributed by atoms with van der Waals surface area (Å²) in [5, 5.41) is 3.12. The van der Waals surface area contributed by atoms with E-state index in [4.69, 9.17) is 4.74 Å². The van der Waals surface area contributed by atoms with Crippen LogP contribution in [0, 0.1) is 6.92 Å². The molecule has 0 aliphatic rings. The van der Waals surface area contributed by atoms with E-state index in [9.17, 15) is 4.79 Å². The Kier molecular flexibility index (Phi) is 6.19. The van der Waals surface area contributed by atoms with E-state index >= 15 is 0 Å². The number of ether oxygens (including phenoxy) is 1. The van der Waals surface area contributed by atoms with Crippen LogP contribution in [-0.4, -0.2) is 13.0 Å². The zero-order valence-corrected chi connectivity index (χ0v) is 14.6. The van der Waals surface area contributed by atoms with Gasteiger partial charge in [-0.1, -0.05) is 42.8 Å². The molecule has 0 saturated heterocycles. The molecule has 0 saturated carbocycles. The molecule has 0 aliphatic heterocycles. The van der Waals surface area contributed by atoms with Crippen molar-refractivity contribution >= 4 is 5.91 Å². The fraction of sp³-hybridized carbons (Fsp3) is 0.286. The monoisotopic (exact) mass is 323 g/mol. The molecular weight excluding hydrogens is 298 g/mol. The second-order valence-electron chi connectivity index (χ2n) is 5.86. The third-order valence-corrected chi connectivity index (χ3v) is 4.10. The molecule has 0 radical (unpaired) electrons. The molecule has 1 amide bonds. The normalized spacial score (nSPS) is 11.6. The Morgan fingerprint density at radius 2 is 1.96 bits per heavy atom. The van der Waals surface area contributed by atoms with Crippen LogP contribution in [0.5, 0.6) is 5.75 Å². The second kappa shape index (κ2) is 8.34. The Balaban J connectivity index is 2.19. The molecule has 0 spiro atoms. The van der Waals surface area contributed by atoms with Gasteiger partial charge in [-0.3, -0.25) is 4.79 Å². The average Bonchev–Trinajstić information content (AvgIpc) is 2.60. The Morgan fingerprint density at radius 3 is 2.54 bits per heavy atom.